The van der Waals surface area contributed by atoms with Crippen molar-refractivity contribution < 1.29 is 9.59 Å². The van der Waals surface area contributed by atoms with Crippen LogP contribution in [0, 0.1) is 13.8 Å². The van der Waals surface area contributed by atoms with E-state index in [-0.39, 0.29) is 23.8 Å². The molecule has 0 atom stereocenters. The second kappa shape index (κ2) is 9.43. The SMILES string of the molecule is CCN(Cc1ccc(C(=O)N(C)C)cc1)C(=O)CCc1nc2sc(C)c(C)c2c(=O)[nH]1. The molecule has 0 aliphatic carbocycles. The number of fused-ring (bicyclic) bond motifs is 1. The summed E-state index contributed by atoms with van der Waals surface area (Å²) >= 11 is 1.51. The van der Waals surface area contributed by atoms with Gasteiger partial charge in [-0.05, 0) is 44.0 Å². The molecule has 164 valence electrons. The number of thiophene rings is 1. The molecule has 1 aromatic carbocycles. The average molecular weight is 441 g/mol. The zero-order valence-electron chi connectivity index (χ0n) is 18.6. The number of aromatic amines is 1. The molecule has 2 aromatic heterocycles. The summed E-state index contributed by atoms with van der Waals surface area (Å²) < 4.78 is 0. The van der Waals surface area contributed by atoms with Crippen molar-refractivity contribution in [2.24, 2.45) is 0 Å². The third kappa shape index (κ3) is 5.02. The van der Waals surface area contributed by atoms with Gasteiger partial charge in [-0.25, -0.2) is 4.98 Å². The number of carbonyl (C=O) groups excluding carboxylic acids is 2. The van der Waals surface area contributed by atoms with Gasteiger partial charge in [0.2, 0.25) is 5.91 Å². The maximum absolute atomic E-state index is 12.8. The van der Waals surface area contributed by atoms with Crippen molar-refractivity contribution in [2.75, 3.05) is 20.6 Å². The standard InChI is InChI=1S/C23H28N4O3S/c1-6-27(13-16-7-9-17(10-8-16)23(30)26(4)5)19(28)12-11-18-24-21(29)20-14(2)15(3)31-22(20)25-18/h7-10H,6,11-13H2,1-5H3,(H,24,25,29). The maximum atomic E-state index is 12.8. The number of rotatable bonds is 7. The number of carbonyl (C=O) groups is 2. The van der Waals surface area contributed by atoms with Gasteiger partial charge < -0.3 is 14.8 Å². The van der Waals surface area contributed by atoms with Gasteiger partial charge >= 0.3 is 0 Å². The number of amides is 2. The lowest BCUT2D eigenvalue weighted by atomic mass is 10.1. The Morgan fingerprint density at radius 2 is 1.81 bits per heavy atom. The molecule has 0 saturated carbocycles. The summed E-state index contributed by atoms with van der Waals surface area (Å²) in [6.07, 6.45) is 0.648. The number of hydrogen-bond acceptors (Lipinski definition) is 5. The molecule has 0 aliphatic rings. The van der Waals surface area contributed by atoms with Crippen LogP contribution in [0.4, 0.5) is 0 Å². The lowest BCUT2D eigenvalue weighted by Crippen LogP contribution is -2.30. The van der Waals surface area contributed by atoms with Crippen LogP contribution in [-0.2, 0) is 17.8 Å². The van der Waals surface area contributed by atoms with Crippen molar-refractivity contribution in [1.82, 2.24) is 19.8 Å². The molecule has 0 saturated heterocycles. The Balaban J connectivity index is 1.65. The van der Waals surface area contributed by atoms with Gasteiger partial charge in [-0.15, -0.1) is 11.3 Å². The second-order valence-corrected chi connectivity index (χ2v) is 8.98. The predicted octanol–water partition coefficient (Wildman–Crippen LogP) is 3.28. The van der Waals surface area contributed by atoms with Crippen LogP contribution in [0.5, 0.6) is 0 Å². The minimum atomic E-state index is -0.144. The van der Waals surface area contributed by atoms with E-state index in [9.17, 15) is 14.4 Å². The highest BCUT2D eigenvalue weighted by atomic mass is 32.1. The summed E-state index contributed by atoms with van der Waals surface area (Å²) in [5.41, 5.74) is 2.40. The Morgan fingerprint density at radius 3 is 2.42 bits per heavy atom. The fourth-order valence-corrected chi connectivity index (χ4v) is 4.46. The van der Waals surface area contributed by atoms with E-state index in [2.05, 4.69) is 9.97 Å². The van der Waals surface area contributed by atoms with Crippen LogP contribution in [0.1, 0.15) is 45.5 Å². The van der Waals surface area contributed by atoms with Crippen LogP contribution < -0.4 is 5.56 Å². The highest BCUT2D eigenvalue weighted by Gasteiger charge is 2.16. The first-order chi connectivity index (χ1) is 14.7. The van der Waals surface area contributed by atoms with Crippen LogP contribution >= 0.6 is 11.3 Å². The van der Waals surface area contributed by atoms with Gasteiger partial charge in [0.15, 0.2) is 0 Å². The van der Waals surface area contributed by atoms with Crippen LogP contribution in [-0.4, -0.2) is 52.2 Å². The van der Waals surface area contributed by atoms with Crippen molar-refractivity contribution in [3.8, 4) is 0 Å². The average Bonchev–Trinajstić information content (AvgIpc) is 3.03. The Bertz CT molecular complexity index is 1160. The van der Waals surface area contributed by atoms with Crippen LogP contribution in [0.2, 0.25) is 0 Å². The number of nitrogens with zero attached hydrogens (tertiary/aromatic N) is 3. The first-order valence-electron chi connectivity index (χ1n) is 10.3. The number of H-pyrrole nitrogens is 1. The van der Waals surface area contributed by atoms with E-state index in [1.807, 2.05) is 32.9 Å². The number of nitrogens with one attached hydrogen (secondary N) is 1. The van der Waals surface area contributed by atoms with E-state index in [0.29, 0.717) is 36.3 Å². The molecule has 0 spiro atoms. The van der Waals surface area contributed by atoms with Gasteiger partial charge in [0, 0.05) is 50.5 Å². The van der Waals surface area contributed by atoms with E-state index in [1.165, 1.54) is 16.2 Å². The van der Waals surface area contributed by atoms with E-state index < -0.39 is 0 Å². The first-order valence-corrected chi connectivity index (χ1v) is 11.1. The summed E-state index contributed by atoms with van der Waals surface area (Å²) in [4.78, 5) is 49.7. The van der Waals surface area contributed by atoms with E-state index >= 15 is 0 Å². The van der Waals surface area contributed by atoms with Gasteiger partial charge in [0.25, 0.3) is 11.5 Å². The summed E-state index contributed by atoms with van der Waals surface area (Å²) in [6, 6.07) is 7.32. The predicted molar refractivity (Wildman–Crippen MR) is 124 cm³/mol. The quantitative estimate of drug-likeness (QED) is 0.611. The molecular weight excluding hydrogens is 412 g/mol. The number of hydrogen-bond donors (Lipinski definition) is 1. The second-order valence-electron chi connectivity index (χ2n) is 7.78. The number of aromatic nitrogens is 2. The molecule has 7 nitrogen and oxygen atoms in total. The molecule has 0 bridgehead atoms. The van der Waals surface area contributed by atoms with Crippen LogP contribution in [0.3, 0.4) is 0 Å². The number of benzene rings is 1. The summed E-state index contributed by atoms with van der Waals surface area (Å²) in [6.45, 7) is 6.88. The summed E-state index contributed by atoms with van der Waals surface area (Å²) in [5, 5.41) is 0.643. The molecule has 3 rings (SSSR count). The molecule has 8 heteroatoms. The third-order valence-electron chi connectivity index (χ3n) is 5.38. The summed E-state index contributed by atoms with van der Waals surface area (Å²) in [5.74, 6) is 0.483. The van der Waals surface area contributed by atoms with Crippen molar-refractivity contribution in [3.63, 3.8) is 0 Å². The van der Waals surface area contributed by atoms with Crippen molar-refractivity contribution in [3.05, 3.63) is 62.0 Å². The van der Waals surface area contributed by atoms with Crippen molar-refractivity contribution in [2.45, 2.75) is 40.2 Å². The van der Waals surface area contributed by atoms with Gasteiger partial charge in [-0.2, -0.15) is 0 Å². The highest BCUT2D eigenvalue weighted by molar-refractivity contribution is 7.18. The van der Waals surface area contributed by atoms with Gasteiger partial charge in [-0.1, -0.05) is 12.1 Å². The molecule has 2 amide bonds. The normalized spacial score (nSPS) is 11.0. The van der Waals surface area contributed by atoms with Crippen molar-refractivity contribution >= 4 is 33.4 Å². The minimum Gasteiger partial charge on any atom is -0.345 e. The molecular formula is C23H28N4O3S. The van der Waals surface area contributed by atoms with Crippen molar-refractivity contribution in [1.29, 1.82) is 0 Å². The largest absolute Gasteiger partial charge is 0.345 e. The maximum Gasteiger partial charge on any atom is 0.259 e. The smallest absolute Gasteiger partial charge is 0.259 e. The molecule has 0 fully saturated rings. The Kier molecular flexibility index (Phi) is 6.90. The van der Waals surface area contributed by atoms with E-state index in [1.54, 1.807) is 31.1 Å². The van der Waals surface area contributed by atoms with Crippen LogP contribution in [0.15, 0.2) is 29.1 Å². The monoisotopic (exact) mass is 440 g/mol. The van der Waals surface area contributed by atoms with Gasteiger partial charge in [-0.3, -0.25) is 14.4 Å². The Hall–Kier alpha value is -3.00. The molecule has 31 heavy (non-hydrogen) atoms. The zero-order valence-corrected chi connectivity index (χ0v) is 19.4. The molecule has 1 N–H and O–H groups in total. The lowest BCUT2D eigenvalue weighted by Gasteiger charge is -2.21. The van der Waals surface area contributed by atoms with Gasteiger partial charge in [0.1, 0.15) is 10.7 Å². The Morgan fingerprint density at radius 1 is 1.13 bits per heavy atom. The highest BCUT2D eigenvalue weighted by Crippen LogP contribution is 2.25. The van der Waals surface area contributed by atoms with E-state index in [4.69, 9.17) is 0 Å². The molecule has 3 aromatic rings. The zero-order chi connectivity index (χ0) is 22.7. The third-order valence-corrected chi connectivity index (χ3v) is 6.48. The molecule has 0 unspecified atom stereocenters. The fraction of sp³-hybridized carbons (Fsp3) is 0.391. The van der Waals surface area contributed by atoms with Gasteiger partial charge in [0.05, 0.1) is 5.39 Å². The summed E-state index contributed by atoms with van der Waals surface area (Å²) in [7, 11) is 3.43. The lowest BCUT2D eigenvalue weighted by molar-refractivity contribution is -0.131. The first kappa shape index (κ1) is 22.7. The number of aryl methyl sites for hydroxylation is 3. The van der Waals surface area contributed by atoms with Crippen LogP contribution in [0.25, 0.3) is 10.2 Å². The molecule has 2 heterocycles. The molecule has 0 radical (unpaired) electrons. The fourth-order valence-electron chi connectivity index (χ4n) is 3.41. The van der Waals surface area contributed by atoms with E-state index in [0.717, 1.165) is 20.8 Å². The minimum absolute atomic E-state index is 0.00256. The topological polar surface area (TPSA) is 86.4 Å². The molecule has 0 aliphatic heterocycles. The Labute approximate surface area is 185 Å².